The predicted molar refractivity (Wildman–Crippen MR) is 132 cm³/mol. The van der Waals surface area contributed by atoms with Gasteiger partial charge in [0.1, 0.15) is 11.6 Å². The Morgan fingerprint density at radius 1 is 1.14 bits per heavy atom. The normalized spacial score (nSPS) is 18.5. The second-order valence-corrected chi connectivity index (χ2v) is 10.8. The van der Waals surface area contributed by atoms with Gasteiger partial charge in [0.25, 0.3) is 5.91 Å². The Bertz CT molecular complexity index is 1110. The summed E-state index contributed by atoms with van der Waals surface area (Å²) in [4.78, 5) is 11.6. The maximum atomic E-state index is 15.5. The van der Waals surface area contributed by atoms with E-state index >= 15 is 4.39 Å². The molecule has 2 aromatic carbocycles. The van der Waals surface area contributed by atoms with Gasteiger partial charge in [-0.05, 0) is 50.6 Å². The Kier molecular flexibility index (Phi) is 9.23. The van der Waals surface area contributed by atoms with E-state index in [1.165, 1.54) is 39.5 Å². The Morgan fingerprint density at radius 3 is 2.57 bits per heavy atom. The van der Waals surface area contributed by atoms with Gasteiger partial charge >= 0.3 is 0 Å². The van der Waals surface area contributed by atoms with E-state index < -0.39 is 32.5 Å². The summed E-state index contributed by atoms with van der Waals surface area (Å²) in [5, 5.41) is 6.10. The smallest absolute Gasteiger partial charge is 0.256 e. The molecule has 2 unspecified atom stereocenters. The van der Waals surface area contributed by atoms with Crippen LogP contribution in [0.1, 0.15) is 35.2 Å². The lowest BCUT2D eigenvalue weighted by Crippen LogP contribution is -2.61. The van der Waals surface area contributed by atoms with Gasteiger partial charge in [-0.2, -0.15) is 0 Å². The van der Waals surface area contributed by atoms with Crippen molar-refractivity contribution in [3.63, 3.8) is 0 Å². The SMILES string of the molecule is COCCN(C)S(=O)(=O)C(NC(=O)c1ccccc1OC)(c1ccccc1F)C1CCCNCC1. The number of nitrogens with one attached hydrogen (secondary N) is 2. The average molecular weight is 508 g/mol. The van der Waals surface area contributed by atoms with Crippen molar-refractivity contribution in [3.8, 4) is 5.75 Å². The van der Waals surface area contributed by atoms with Crippen LogP contribution in [0.5, 0.6) is 5.75 Å². The zero-order valence-corrected chi connectivity index (χ0v) is 21.2. The van der Waals surface area contributed by atoms with Crippen molar-refractivity contribution in [3.05, 3.63) is 65.5 Å². The van der Waals surface area contributed by atoms with Gasteiger partial charge in [-0.15, -0.1) is 0 Å². The molecule has 1 aliphatic rings. The molecule has 192 valence electrons. The van der Waals surface area contributed by atoms with Gasteiger partial charge < -0.3 is 20.1 Å². The molecule has 1 amide bonds. The third-order valence-corrected chi connectivity index (χ3v) is 8.98. The molecule has 0 saturated carbocycles. The molecule has 10 heteroatoms. The lowest BCUT2D eigenvalue weighted by molar-refractivity contribution is 0.0887. The number of nitrogens with zero attached hydrogens (tertiary/aromatic N) is 1. The number of rotatable bonds is 10. The highest BCUT2D eigenvalue weighted by Crippen LogP contribution is 2.43. The number of hydrogen-bond donors (Lipinski definition) is 2. The summed E-state index contributed by atoms with van der Waals surface area (Å²) in [7, 11) is -0.00122. The number of likely N-dealkylation sites (N-methyl/N-ethyl adjacent to an activating group) is 1. The maximum Gasteiger partial charge on any atom is 0.256 e. The maximum absolute atomic E-state index is 15.5. The number of ether oxygens (including phenoxy) is 2. The molecule has 8 nitrogen and oxygen atoms in total. The Morgan fingerprint density at radius 2 is 1.86 bits per heavy atom. The Balaban J connectivity index is 2.27. The van der Waals surface area contributed by atoms with Crippen LogP contribution in [0.2, 0.25) is 0 Å². The molecule has 1 heterocycles. The fourth-order valence-electron chi connectivity index (χ4n) is 4.65. The van der Waals surface area contributed by atoms with Gasteiger partial charge in [0.05, 0.1) is 19.3 Å². The van der Waals surface area contributed by atoms with E-state index in [2.05, 4.69) is 10.6 Å². The fraction of sp³-hybridized carbons (Fsp3) is 0.480. The topological polar surface area (TPSA) is 97.0 Å². The number of carbonyl (C=O) groups is 1. The monoisotopic (exact) mass is 507 g/mol. The van der Waals surface area contributed by atoms with Gasteiger partial charge in [-0.3, -0.25) is 4.79 Å². The summed E-state index contributed by atoms with van der Waals surface area (Å²) in [6.45, 7) is 1.45. The Labute approximate surface area is 206 Å². The lowest BCUT2D eigenvalue weighted by Gasteiger charge is -2.43. The molecule has 35 heavy (non-hydrogen) atoms. The van der Waals surface area contributed by atoms with Gasteiger partial charge in [-0.25, -0.2) is 17.1 Å². The molecule has 3 rings (SSSR count). The van der Waals surface area contributed by atoms with E-state index in [1.54, 1.807) is 30.3 Å². The van der Waals surface area contributed by atoms with Crippen LogP contribution < -0.4 is 15.4 Å². The van der Waals surface area contributed by atoms with Crippen molar-refractivity contribution in [2.75, 3.05) is 47.5 Å². The van der Waals surface area contributed by atoms with E-state index in [1.807, 2.05) is 0 Å². The van der Waals surface area contributed by atoms with Crippen LogP contribution in [0, 0.1) is 11.7 Å². The van der Waals surface area contributed by atoms with E-state index in [4.69, 9.17) is 9.47 Å². The van der Waals surface area contributed by atoms with Crippen LogP contribution in [0.25, 0.3) is 0 Å². The molecule has 2 aromatic rings. The molecule has 0 aromatic heterocycles. The van der Waals surface area contributed by atoms with Crippen molar-refractivity contribution >= 4 is 15.9 Å². The van der Waals surface area contributed by atoms with Gasteiger partial charge in [0.2, 0.25) is 10.0 Å². The first-order chi connectivity index (χ1) is 16.8. The molecule has 1 saturated heterocycles. The fourth-order valence-corrected chi connectivity index (χ4v) is 6.77. The molecular formula is C25H34FN3O5S. The number of hydrogen-bond acceptors (Lipinski definition) is 6. The van der Waals surface area contributed by atoms with E-state index in [9.17, 15) is 13.2 Å². The summed E-state index contributed by atoms with van der Waals surface area (Å²) in [6, 6.07) is 12.3. The molecule has 0 bridgehead atoms. The highest BCUT2D eigenvalue weighted by molar-refractivity contribution is 7.90. The second-order valence-electron chi connectivity index (χ2n) is 8.57. The van der Waals surface area contributed by atoms with Crippen molar-refractivity contribution in [1.82, 2.24) is 14.9 Å². The number of amides is 1. The molecule has 2 N–H and O–H groups in total. The number of sulfonamides is 1. The third-order valence-electron chi connectivity index (χ3n) is 6.50. The van der Waals surface area contributed by atoms with E-state index in [-0.39, 0.29) is 24.3 Å². The summed E-state index contributed by atoms with van der Waals surface area (Å²) in [6.07, 6.45) is 1.59. The van der Waals surface area contributed by atoms with E-state index in [0.29, 0.717) is 38.1 Å². The first-order valence-electron chi connectivity index (χ1n) is 11.7. The number of para-hydroxylation sites is 1. The van der Waals surface area contributed by atoms with Gasteiger partial charge in [-0.1, -0.05) is 30.3 Å². The van der Waals surface area contributed by atoms with Crippen LogP contribution in [-0.2, 0) is 19.6 Å². The second kappa shape index (κ2) is 11.9. The highest BCUT2D eigenvalue weighted by atomic mass is 32.2. The first kappa shape index (κ1) is 27.1. The minimum atomic E-state index is -4.34. The number of benzene rings is 2. The average Bonchev–Trinajstić information content (AvgIpc) is 3.15. The van der Waals surface area contributed by atoms with Crippen molar-refractivity contribution < 1.29 is 27.1 Å². The van der Waals surface area contributed by atoms with Crippen molar-refractivity contribution in [2.24, 2.45) is 5.92 Å². The first-order valence-corrected chi connectivity index (χ1v) is 13.1. The molecule has 1 fully saturated rings. The highest BCUT2D eigenvalue weighted by Gasteiger charge is 2.55. The summed E-state index contributed by atoms with van der Waals surface area (Å²) in [5.74, 6) is -1.66. The molecule has 0 radical (unpaired) electrons. The summed E-state index contributed by atoms with van der Waals surface area (Å²) < 4.78 is 55.8. The standard InChI is InChI=1S/C25H34FN3O5S/c1-29(17-18-33-2)35(31,32)25(19-9-8-15-27-16-14-19,21-11-5-6-12-22(21)26)28-24(30)20-10-4-7-13-23(20)34-3/h4-7,10-13,19,27H,8-9,14-18H2,1-3H3,(H,28,30). The van der Waals surface area contributed by atoms with Gasteiger partial charge in [0, 0.05) is 32.2 Å². The lowest BCUT2D eigenvalue weighted by atomic mass is 9.86. The van der Waals surface area contributed by atoms with Crippen LogP contribution in [0.3, 0.4) is 0 Å². The van der Waals surface area contributed by atoms with E-state index in [0.717, 1.165) is 4.31 Å². The zero-order chi connectivity index (χ0) is 25.5. The number of halogens is 1. The predicted octanol–water partition coefficient (Wildman–Crippen LogP) is 2.71. The van der Waals surface area contributed by atoms with Crippen LogP contribution in [-0.4, -0.2) is 66.1 Å². The summed E-state index contributed by atoms with van der Waals surface area (Å²) in [5.41, 5.74) is 0.0802. The third kappa shape index (κ3) is 5.50. The van der Waals surface area contributed by atoms with Crippen LogP contribution in [0.15, 0.2) is 48.5 Å². The minimum Gasteiger partial charge on any atom is -0.496 e. The van der Waals surface area contributed by atoms with Crippen LogP contribution >= 0.6 is 0 Å². The molecular weight excluding hydrogens is 473 g/mol. The van der Waals surface area contributed by atoms with Crippen molar-refractivity contribution in [1.29, 1.82) is 0 Å². The minimum absolute atomic E-state index is 0.0462. The molecule has 2 atom stereocenters. The molecule has 1 aliphatic heterocycles. The quantitative estimate of drug-likeness (QED) is 0.513. The zero-order valence-electron chi connectivity index (χ0n) is 20.4. The van der Waals surface area contributed by atoms with Crippen LogP contribution in [0.4, 0.5) is 4.39 Å². The molecule has 0 aliphatic carbocycles. The molecule has 0 spiro atoms. The number of carbonyl (C=O) groups excluding carboxylic acids is 1. The van der Waals surface area contributed by atoms with Gasteiger partial charge in [0.15, 0.2) is 4.87 Å². The summed E-state index contributed by atoms with van der Waals surface area (Å²) >= 11 is 0. The number of methoxy groups -OCH3 is 2. The van der Waals surface area contributed by atoms with Crippen molar-refractivity contribution in [2.45, 2.75) is 24.1 Å². The largest absolute Gasteiger partial charge is 0.496 e. The Hall–Kier alpha value is -2.53.